The number of carbonyl (C=O) groups is 4. The Morgan fingerprint density at radius 3 is 2.60 bits per heavy atom. The van der Waals surface area contributed by atoms with Crippen molar-refractivity contribution in [3.05, 3.63) is 59.8 Å². The van der Waals surface area contributed by atoms with Crippen molar-refractivity contribution in [1.29, 1.82) is 0 Å². The molecule has 5 rings (SSSR count). The van der Waals surface area contributed by atoms with Crippen LogP contribution in [0.5, 0.6) is 0 Å². The van der Waals surface area contributed by atoms with Crippen molar-refractivity contribution in [3.8, 4) is 0 Å². The highest BCUT2D eigenvalue weighted by molar-refractivity contribution is 6.10. The first-order valence-electron chi connectivity index (χ1n) is 15.1. The van der Waals surface area contributed by atoms with E-state index >= 15 is 0 Å². The number of methoxy groups -OCH3 is 2. The second kappa shape index (κ2) is 11.8. The van der Waals surface area contributed by atoms with E-state index in [-0.39, 0.29) is 60.4 Å². The van der Waals surface area contributed by atoms with E-state index in [9.17, 15) is 19.2 Å². The van der Waals surface area contributed by atoms with Crippen LogP contribution < -0.4 is 5.32 Å². The summed E-state index contributed by atoms with van der Waals surface area (Å²) in [6.45, 7) is 7.87. The van der Waals surface area contributed by atoms with E-state index in [0.29, 0.717) is 18.4 Å². The molecule has 2 saturated heterocycles. The summed E-state index contributed by atoms with van der Waals surface area (Å²) in [6.07, 6.45) is 8.46. The van der Waals surface area contributed by atoms with Crippen LogP contribution in [0.15, 0.2) is 54.3 Å². The number of aromatic nitrogens is 1. The number of rotatable bonds is 11. The average Bonchev–Trinajstić information content (AvgIpc) is 3.40. The number of ether oxygens (including phenoxy) is 3. The zero-order chi connectivity index (χ0) is 31.1. The molecule has 3 fully saturated rings. The van der Waals surface area contributed by atoms with Crippen molar-refractivity contribution in [3.63, 3.8) is 0 Å². The molecule has 9 nitrogen and oxygen atoms in total. The summed E-state index contributed by atoms with van der Waals surface area (Å²) in [5.41, 5.74) is 0.746. The minimum atomic E-state index is -1.39. The predicted octanol–water partition coefficient (Wildman–Crippen LogP) is 4.46. The van der Waals surface area contributed by atoms with Gasteiger partial charge in [0, 0.05) is 47.0 Å². The zero-order valence-corrected chi connectivity index (χ0v) is 25.8. The number of aromatic amines is 1. The van der Waals surface area contributed by atoms with Gasteiger partial charge in [0.15, 0.2) is 0 Å². The maximum atomic E-state index is 14.3. The monoisotopic (exact) mass is 590 g/mol. The van der Waals surface area contributed by atoms with Gasteiger partial charge in [0.25, 0.3) is 0 Å². The summed E-state index contributed by atoms with van der Waals surface area (Å²) >= 11 is 0. The number of benzene rings is 1. The van der Waals surface area contributed by atoms with E-state index in [4.69, 9.17) is 14.2 Å². The fourth-order valence-electron chi connectivity index (χ4n) is 7.75. The summed E-state index contributed by atoms with van der Waals surface area (Å²) in [7, 11) is 2.65. The first kappa shape index (κ1) is 30.7. The normalized spacial score (nSPS) is 32.2. The molecule has 0 radical (unpaired) electrons. The molecule has 9 heteroatoms. The largest absolute Gasteiger partial charge is 0.469 e. The zero-order valence-electron chi connectivity index (χ0n) is 25.8. The molecule has 0 bridgehead atoms. The van der Waals surface area contributed by atoms with Gasteiger partial charge in [-0.3, -0.25) is 14.4 Å². The molecule has 0 spiro atoms. The van der Waals surface area contributed by atoms with Gasteiger partial charge in [0.1, 0.15) is 11.2 Å². The number of nitrogens with one attached hydrogen (secondary N) is 2. The standard InChI is InChI=1S/C34H42N2O7/c1-19(16-20(2)31(39)42-6)10-9-12-24-30-33(4,43-30)21(3)29-26(17-22-18-35-25-13-8-7-11-23(22)25)36-32(40)34(24,29)27(37)14-15-28(38)41-5/h7-9,11-13,16,18-19,21,24,26,29-30,35H,10,14-15,17H2,1-6H3,(H,36,40)/b12-9+,20-16+/t19-,21-,24-,26-,29-,30-,33+,34+/m0/s1. The molecule has 8 atom stereocenters. The molecule has 0 unspecified atom stereocenters. The van der Waals surface area contributed by atoms with Crippen LogP contribution in [0.3, 0.4) is 0 Å². The highest BCUT2D eigenvalue weighted by Gasteiger charge is 2.78. The number of carbonyl (C=O) groups excluding carboxylic acids is 4. The van der Waals surface area contributed by atoms with Crippen molar-refractivity contribution in [1.82, 2.24) is 10.3 Å². The van der Waals surface area contributed by atoms with Gasteiger partial charge in [-0.15, -0.1) is 0 Å². The van der Waals surface area contributed by atoms with Crippen molar-refractivity contribution >= 4 is 34.5 Å². The Hall–Kier alpha value is -3.72. The van der Waals surface area contributed by atoms with Gasteiger partial charge in [0.2, 0.25) is 5.91 Å². The summed E-state index contributed by atoms with van der Waals surface area (Å²) in [5.74, 6) is -2.34. The molecule has 2 aromatic rings. The van der Waals surface area contributed by atoms with Crippen LogP contribution in [0.4, 0.5) is 0 Å². The molecule has 1 saturated carbocycles. The lowest BCUT2D eigenvalue weighted by Crippen LogP contribution is -2.58. The number of hydrogen-bond acceptors (Lipinski definition) is 7. The Labute approximate surface area is 252 Å². The molecular weight excluding hydrogens is 548 g/mol. The number of para-hydroxylation sites is 1. The van der Waals surface area contributed by atoms with Crippen LogP contribution in [0.25, 0.3) is 10.9 Å². The molecule has 1 aromatic heterocycles. The molecule has 43 heavy (non-hydrogen) atoms. The topological polar surface area (TPSA) is 127 Å². The molecule has 3 heterocycles. The van der Waals surface area contributed by atoms with E-state index in [2.05, 4.69) is 30.2 Å². The van der Waals surface area contributed by atoms with E-state index < -0.39 is 22.9 Å². The second-order valence-electron chi connectivity index (χ2n) is 12.6. The van der Waals surface area contributed by atoms with Crippen LogP contribution in [0.1, 0.15) is 52.5 Å². The van der Waals surface area contributed by atoms with Gasteiger partial charge in [-0.25, -0.2) is 4.79 Å². The molecular formula is C34H42N2O7. The second-order valence-corrected chi connectivity index (χ2v) is 12.6. The lowest BCUT2D eigenvalue weighted by atomic mass is 9.51. The highest BCUT2D eigenvalue weighted by atomic mass is 16.6. The predicted molar refractivity (Wildman–Crippen MR) is 161 cm³/mol. The molecule has 2 aliphatic heterocycles. The summed E-state index contributed by atoms with van der Waals surface area (Å²) < 4.78 is 16.0. The Balaban J connectivity index is 1.51. The molecule has 1 aliphatic carbocycles. The first-order chi connectivity index (χ1) is 20.5. The molecule has 230 valence electrons. The third-order valence-electron chi connectivity index (χ3n) is 10.1. The molecule has 3 aliphatic rings. The van der Waals surface area contributed by atoms with Crippen molar-refractivity contribution in [2.24, 2.45) is 29.1 Å². The molecule has 2 N–H and O–H groups in total. The lowest BCUT2D eigenvalue weighted by Gasteiger charge is -2.46. The number of amides is 1. The fourth-order valence-corrected chi connectivity index (χ4v) is 7.75. The number of allylic oxidation sites excluding steroid dienone is 2. The van der Waals surface area contributed by atoms with Crippen LogP contribution >= 0.6 is 0 Å². The number of fused-ring (bicyclic) bond motifs is 3. The average molecular weight is 591 g/mol. The van der Waals surface area contributed by atoms with E-state index in [0.717, 1.165) is 16.5 Å². The quantitative estimate of drug-likeness (QED) is 0.130. The number of esters is 2. The van der Waals surface area contributed by atoms with Crippen LogP contribution in [-0.4, -0.2) is 60.6 Å². The van der Waals surface area contributed by atoms with Gasteiger partial charge < -0.3 is 24.5 Å². The third-order valence-corrected chi connectivity index (χ3v) is 10.1. The van der Waals surface area contributed by atoms with Crippen LogP contribution in [0.2, 0.25) is 0 Å². The van der Waals surface area contributed by atoms with Crippen molar-refractivity contribution in [2.75, 3.05) is 14.2 Å². The minimum absolute atomic E-state index is 0.0261. The van der Waals surface area contributed by atoms with Crippen LogP contribution in [-0.2, 0) is 39.8 Å². The number of ketones is 1. The van der Waals surface area contributed by atoms with Crippen LogP contribution in [0, 0.1) is 29.1 Å². The third kappa shape index (κ3) is 5.22. The summed E-state index contributed by atoms with van der Waals surface area (Å²) in [5, 5.41) is 4.33. The lowest BCUT2D eigenvalue weighted by molar-refractivity contribution is -0.151. The number of Topliss-reactive ketones (excluding diaryl/α,β-unsaturated/α-hetero) is 1. The summed E-state index contributed by atoms with van der Waals surface area (Å²) in [4.78, 5) is 55.9. The van der Waals surface area contributed by atoms with Crippen molar-refractivity contribution in [2.45, 2.75) is 71.1 Å². The maximum Gasteiger partial charge on any atom is 0.333 e. The smallest absolute Gasteiger partial charge is 0.333 e. The van der Waals surface area contributed by atoms with Gasteiger partial charge in [-0.1, -0.05) is 50.3 Å². The fraction of sp³-hybridized carbons (Fsp3) is 0.529. The molecule has 1 aromatic carbocycles. The maximum absolute atomic E-state index is 14.3. The van der Waals surface area contributed by atoms with E-state index in [1.165, 1.54) is 14.2 Å². The Morgan fingerprint density at radius 1 is 1.14 bits per heavy atom. The SMILES string of the molecule is COC(=O)CCC(=O)[C@@]12C(=O)N[C@@H](Cc3c[nH]c4ccccc34)[C@@H]1[C@H](C)[C@@]1(C)O[C@H]1[C@@H]2/C=C/C[C@H](C)/C=C(\C)C(=O)OC. The highest BCUT2D eigenvalue weighted by Crippen LogP contribution is 2.66. The van der Waals surface area contributed by atoms with E-state index in [1.807, 2.05) is 49.5 Å². The molecule has 1 amide bonds. The van der Waals surface area contributed by atoms with Crippen molar-refractivity contribution < 1.29 is 33.4 Å². The van der Waals surface area contributed by atoms with Gasteiger partial charge in [0.05, 0.1) is 32.3 Å². The Bertz CT molecular complexity index is 1490. The van der Waals surface area contributed by atoms with Gasteiger partial charge in [-0.2, -0.15) is 0 Å². The Morgan fingerprint density at radius 2 is 1.88 bits per heavy atom. The van der Waals surface area contributed by atoms with E-state index in [1.54, 1.807) is 6.92 Å². The number of epoxide rings is 1. The van der Waals surface area contributed by atoms with Gasteiger partial charge >= 0.3 is 11.9 Å². The Kier molecular flexibility index (Phi) is 8.40. The number of H-pyrrole nitrogens is 1. The minimum Gasteiger partial charge on any atom is -0.469 e. The number of hydrogen-bond donors (Lipinski definition) is 2. The van der Waals surface area contributed by atoms with Gasteiger partial charge in [-0.05, 0) is 50.2 Å². The first-order valence-corrected chi connectivity index (χ1v) is 15.1. The summed E-state index contributed by atoms with van der Waals surface area (Å²) in [6, 6.07) is 7.74.